The SMILES string of the molecule is Cc1ccccc1N1CCN(c2ccc(C=O)cc2NC=O)CC1. The van der Waals surface area contributed by atoms with Gasteiger partial charge in [-0.1, -0.05) is 18.2 Å². The lowest BCUT2D eigenvalue weighted by Gasteiger charge is -2.38. The second-order valence-corrected chi connectivity index (χ2v) is 5.92. The molecule has 0 atom stereocenters. The number of rotatable bonds is 5. The topological polar surface area (TPSA) is 52.6 Å². The van der Waals surface area contributed by atoms with E-state index in [-0.39, 0.29) is 0 Å². The Morgan fingerprint density at radius 3 is 2.21 bits per heavy atom. The molecule has 1 amide bonds. The van der Waals surface area contributed by atoms with Crippen LogP contribution in [0.5, 0.6) is 0 Å². The number of nitrogens with zero attached hydrogens (tertiary/aromatic N) is 2. The molecule has 0 saturated carbocycles. The molecule has 3 rings (SSSR count). The summed E-state index contributed by atoms with van der Waals surface area (Å²) in [5.41, 5.74) is 4.75. The second-order valence-electron chi connectivity index (χ2n) is 5.92. The number of para-hydroxylation sites is 1. The Morgan fingerprint density at radius 2 is 1.58 bits per heavy atom. The van der Waals surface area contributed by atoms with Crippen molar-refractivity contribution in [3.05, 3.63) is 53.6 Å². The molecule has 5 heteroatoms. The van der Waals surface area contributed by atoms with Gasteiger partial charge in [0.1, 0.15) is 6.29 Å². The van der Waals surface area contributed by atoms with Gasteiger partial charge in [0.15, 0.2) is 0 Å². The summed E-state index contributed by atoms with van der Waals surface area (Å²) >= 11 is 0. The van der Waals surface area contributed by atoms with Crippen LogP contribution in [0.1, 0.15) is 15.9 Å². The van der Waals surface area contributed by atoms with Crippen LogP contribution < -0.4 is 15.1 Å². The molecule has 1 aliphatic heterocycles. The van der Waals surface area contributed by atoms with Gasteiger partial charge >= 0.3 is 0 Å². The normalized spacial score (nSPS) is 14.4. The quantitative estimate of drug-likeness (QED) is 0.860. The molecular weight excluding hydrogens is 302 g/mol. The van der Waals surface area contributed by atoms with Gasteiger partial charge in [-0.2, -0.15) is 0 Å². The molecule has 0 radical (unpaired) electrons. The van der Waals surface area contributed by atoms with E-state index in [4.69, 9.17) is 0 Å². The molecule has 24 heavy (non-hydrogen) atoms. The first-order valence-corrected chi connectivity index (χ1v) is 8.08. The Morgan fingerprint density at radius 1 is 0.917 bits per heavy atom. The van der Waals surface area contributed by atoms with Gasteiger partial charge < -0.3 is 15.1 Å². The van der Waals surface area contributed by atoms with Gasteiger partial charge in [-0.3, -0.25) is 9.59 Å². The van der Waals surface area contributed by atoms with Crippen LogP contribution in [0.3, 0.4) is 0 Å². The summed E-state index contributed by atoms with van der Waals surface area (Å²) in [6, 6.07) is 13.8. The maximum atomic E-state index is 10.9. The van der Waals surface area contributed by atoms with Crippen LogP contribution in [0.2, 0.25) is 0 Å². The van der Waals surface area contributed by atoms with Crippen LogP contribution in [0.25, 0.3) is 0 Å². The molecule has 2 aromatic carbocycles. The molecule has 0 unspecified atom stereocenters. The van der Waals surface area contributed by atoms with Crippen molar-refractivity contribution in [3.8, 4) is 0 Å². The van der Waals surface area contributed by atoms with E-state index in [0.29, 0.717) is 17.7 Å². The second kappa shape index (κ2) is 7.17. The average Bonchev–Trinajstić information content (AvgIpc) is 2.63. The number of aryl methyl sites for hydroxylation is 1. The third-order valence-electron chi connectivity index (χ3n) is 4.45. The van der Waals surface area contributed by atoms with E-state index < -0.39 is 0 Å². The van der Waals surface area contributed by atoms with Crippen LogP contribution in [0.4, 0.5) is 17.1 Å². The van der Waals surface area contributed by atoms with Gasteiger partial charge in [0.05, 0.1) is 11.4 Å². The molecule has 0 aromatic heterocycles. The van der Waals surface area contributed by atoms with Crippen molar-refractivity contribution >= 4 is 29.8 Å². The summed E-state index contributed by atoms with van der Waals surface area (Å²) in [6.07, 6.45) is 1.44. The highest BCUT2D eigenvalue weighted by Gasteiger charge is 2.20. The first-order chi connectivity index (χ1) is 11.7. The van der Waals surface area contributed by atoms with E-state index in [2.05, 4.69) is 46.3 Å². The molecule has 1 aliphatic rings. The third-order valence-corrected chi connectivity index (χ3v) is 4.45. The highest BCUT2D eigenvalue weighted by molar-refractivity contribution is 5.87. The summed E-state index contributed by atoms with van der Waals surface area (Å²) in [5, 5.41) is 2.71. The van der Waals surface area contributed by atoms with E-state index >= 15 is 0 Å². The third kappa shape index (κ3) is 3.25. The fourth-order valence-electron chi connectivity index (χ4n) is 3.19. The Labute approximate surface area is 141 Å². The Hall–Kier alpha value is -2.82. The largest absolute Gasteiger partial charge is 0.368 e. The predicted molar refractivity (Wildman–Crippen MR) is 97.1 cm³/mol. The minimum atomic E-state index is 0.557. The average molecular weight is 323 g/mol. The molecule has 1 fully saturated rings. The number of aldehydes is 1. The smallest absolute Gasteiger partial charge is 0.211 e. The zero-order chi connectivity index (χ0) is 16.9. The zero-order valence-electron chi connectivity index (χ0n) is 13.7. The van der Waals surface area contributed by atoms with Gasteiger partial charge in [-0.25, -0.2) is 0 Å². The standard InChI is InChI=1S/C19H21N3O2/c1-15-4-2-3-5-18(15)21-8-10-22(11-9-21)19-7-6-16(13-23)12-17(19)20-14-24/h2-7,12-14H,8-11H2,1H3,(H,20,24). The number of carbonyl (C=O) groups is 2. The molecule has 0 spiro atoms. The first-order valence-electron chi connectivity index (χ1n) is 8.08. The van der Waals surface area contributed by atoms with Crippen molar-refractivity contribution in [2.24, 2.45) is 0 Å². The molecule has 0 aliphatic carbocycles. The number of piperazine rings is 1. The molecular formula is C19H21N3O2. The molecule has 1 N–H and O–H groups in total. The number of anilines is 3. The summed E-state index contributed by atoms with van der Waals surface area (Å²) in [6.45, 7) is 5.69. The summed E-state index contributed by atoms with van der Waals surface area (Å²) in [5.74, 6) is 0. The number of carbonyl (C=O) groups excluding carboxylic acids is 2. The number of hydrogen-bond acceptors (Lipinski definition) is 4. The van der Waals surface area contributed by atoms with Crippen molar-refractivity contribution in [1.82, 2.24) is 0 Å². The lowest BCUT2D eigenvalue weighted by atomic mass is 10.1. The molecule has 0 bridgehead atoms. The maximum absolute atomic E-state index is 10.9. The monoisotopic (exact) mass is 323 g/mol. The van der Waals surface area contributed by atoms with Crippen LogP contribution in [0, 0.1) is 6.92 Å². The van der Waals surface area contributed by atoms with Gasteiger partial charge in [0.2, 0.25) is 6.41 Å². The molecule has 124 valence electrons. The molecule has 1 heterocycles. The Bertz CT molecular complexity index is 737. The number of hydrogen-bond donors (Lipinski definition) is 1. The molecule has 2 aromatic rings. The van der Waals surface area contributed by atoms with Gasteiger partial charge in [-0.05, 0) is 36.8 Å². The fourth-order valence-corrected chi connectivity index (χ4v) is 3.19. The lowest BCUT2D eigenvalue weighted by Crippen LogP contribution is -2.47. The van der Waals surface area contributed by atoms with Gasteiger partial charge in [0, 0.05) is 37.4 Å². The number of nitrogens with one attached hydrogen (secondary N) is 1. The van der Waals surface area contributed by atoms with E-state index in [0.717, 1.165) is 38.2 Å². The van der Waals surface area contributed by atoms with Crippen LogP contribution in [-0.2, 0) is 4.79 Å². The Balaban J connectivity index is 1.76. The lowest BCUT2D eigenvalue weighted by molar-refractivity contribution is -0.105. The highest BCUT2D eigenvalue weighted by Crippen LogP contribution is 2.29. The zero-order valence-corrected chi connectivity index (χ0v) is 13.7. The first kappa shape index (κ1) is 16.1. The maximum Gasteiger partial charge on any atom is 0.211 e. The molecule has 5 nitrogen and oxygen atoms in total. The van der Waals surface area contributed by atoms with E-state index in [9.17, 15) is 9.59 Å². The van der Waals surface area contributed by atoms with Gasteiger partial charge in [-0.15, -0.1) is 0 Å². The summed E-state index contributed by atoms with van der Waals surface area (Å²) in [7, 11) is 0. The van der Waals surface area contributed by atoms with Gasteiger partial charge in [0.25, 0.3) is 0 Å². The van der Waals surface area contributed by atoms with E-state index in [1.165, 1.54) is 11.3 Å². The van der Waals surface area contributed by atoms with Crippen LogP contribution in [0.15, 0.2) is 42.5 Å². The highest BCUT2D eigenvalue weighted by atomic mass is 16.1. The minimum absolute atomic E-state index is 0.557. The van der Waals surface area contributed by atoms with Crippen LogP contribution >= 0.6 is 0 Å². The Kier molecular flexibility index (Phi) is 4.79. The minimum Gasteiger partial charge on any atom is -0.368 e. The van der Waals surface area contributed by atoms with Crippen LogP contribution in [-0.4, -0.2) is 38.9 Å². The van der Waals surface area contributed by atoms with Crippen molar-refractivity contribution in [2.75, 3.05) is 41.3 Å². The summed E-state index contributed by atoms with van der Waals surface area (Å²) in [4.78, 5) is 26.4. The van der Waals surface area contributed by atoms with Crippen molar-refractivity contribution in [1.29, 1.82) is 0 Å². The van der Waals surface area contributed by atoms with Crippen molar-refractivity contribution < 1.29 is 9.59 Å². The number of amides is 1. The van der Waals surface area contributed by atoms with E-state index in [1.54, 1.807) is 12.1 Å². The van der Waals surface area contributed by atoms with Crippen molar-refractivity contribution in [2.45, 2.75) is 6.92 Å². The molecule has 1 saturated heterocycles. The predicted octanol–water partition coefficient (Wildman–Crippen LogP) is 2.70. The summed E-state index contributed by atoms with van der Waals surface area (Å²) < 4.78 is 0. The fraction of sp³-hybridized carbons (Fsp3) is 0.263. The number of benzene rings is 2. The van der Waals surface area contributed by atoms with E-state index in [1.807, 2.05) is 6.07 Å². The van der Waals surface area contributed by atoms with Crippen molar-refractivity contribution in [3.63, 3.8) is 0 Å².